The molecule has 0 spiro atoms. The summed E-state index contributed by atoms with van der Waals surface area (Å²) < 4.78 is 54.9. The van der Waals surface area contributed by atoms with E-state index in [1.54, 1.807) is 0 Å². The van der Waals surface area contributed by atoms with Gasteiger partial charge >= 0.3 is 0 Å². The maximum atomic E-state index is 14.6. The zero-order valence-corrected chi connectivity index (χ0v) is 16.2. The maximum absolute atomic E-state index is 14.6. The Morgan fingerprint density at radius 1 is 1.36 bits per heavy atom. The van der Waals surface area contributed by atoms with E-state index < -0.39 is 28.1 Å². The highest BCUT2D eigenvalue weighted by Gasteiger charge is 2.34. The van der Waals surface area contributed by atoms with Gasteiger partial charge in [-0.1, -0.05) is 12.3 Å². The van der Waals surface area contributed by atoms with Crippen molar-refractivity contribution in [1.29, 1.82) is 0 Å². The largest absolute Gasteiger partial charge is 0.347 e. The van der Waals surface area contributed by atoms with Crippen LogP contribution in [-0.4, -0.2) is 58.9 Å². The van der Waals surface area contributed by atoms with Gasteiger partial charge in [0.15, 0.2) is 5.82 Å². The van der Waals surface area contributed by atoms with Crippen LogP contribution in [0, 0.1) is 18.2 Å². The van der Waals surface area contributed by atoms with Gasteiger partial charge in [0.2, 0.25) is 16.0 Å². The van der Waals surface area contributed by atoms with Gasteiger partial charge in [-0.3, -0.25) is 0 Å². The van der Waals surface area contributed by atoms with E-state index in [-0.39, 0.29) is 42.5 Å². The van der Waals surface area contributed by atoms with Gasteiger partial charge in [-0.05, 0) is 19.3 Å². The first-order valence-electron chi connectivity index (χ1n) is 9.19. The van der Waals surface area contributed by atoms with E-state index in [1.165, 1.54) is 10.7 Å². The van der Waals surface area contributed by atoms with E-state index in [1.807, 2.05) is 0 Å². The number of aromatic nitrogens is 3. The summed E-state index contributed by atoms with van der Waals surface area (Å²) in [5.74, 6) is 2.22. The summed E-state index contributed by atoms with van der Waals surface area (Å²) in [6.07, 6.45) is 9.69. The highest BCUT2D eigenvalue weighted by atomic mass is 32.2. The fourth-order valence-corrected chi connectivity index (χ4v) is 4.65. The normalized spacial score (nSPS) is 24.1. The van der Waals surface area contributed by atoms with Crippen LogP contribution in [-0.2, 0) is 10.0 Å². The minimum absolute atomic E-state index is 0.151. The van der Waals surface area contributed by atoms with Crippen molar-refractivity contribution in [2.45, 2.75) is 43.8 Å². The molecule has 1 aliphatic heterocycles. The van der Waals surface area contributed by atoms with Crippen LogP contribution in [0.2, 0.25) is 0 Å². The molecule has 1 N–H and O–H groups in total. The van der Waals surface area contributed by atoms with E-state index in [2.05, 4.69) is 21.3 Å². The predicted molar refractivity (Wildman–Crippen MR) is 101 cm³/mol. The number of terminal acetylenes is 1. The average molecular weight is 409 g/mol. The monoisotopic (exact) mass is 409 g/mol. The number of fused-ring (bicyclic) bond motifs is 1. The molecule has 7 nitrogen and oxygen atoms in total. The van der Waals surface area contributed by atoms with Crippen LogP contribution in [0.25, 0.3) is 5.52 Å². The second-order valence-electron chi connectivity index (χ2n) is 7.40. The topological polar surface area (TPSA) is 79.6 Å². The molecule has 28 heavy (non-hydrogen) atoms. The number of hydrogen-bond acceptors (Lipinski definition) is 5. The Hall–Kier alpha value is -2.25. The first-order chi connectivity index (χ1) is 13.3. The molecule has 150 valence electrons. The third kappa shape index (κ3) is 3.22. The number of halogens is 2. The van der Waals surface area contributed by atoms with E-state index in [9.17, 15) is 17.2 Å². The standard InChI is InChI=1S/C18H21F2N5O2S/c1-3-12-16(20)15-9-21-18(23-25(15)17(12)11-5-4-6-11)22-14-7-8-24(10-13(14)19)28(2,26)27/h1,9,11,13-14H,4-8,10H2,2H3,(H,22,23)/t13-,14-/m1/s1. The van der Waals surface area contributed by atoms with Crippen molar-refractivity contribution in [3.63, 3.8) is 0 Å². The lowest BCUT2D eigenvalue weighted by molar-refractivity contribution is 0.186. The van der Waals surface area contributed by atoms with Crippen molar-refractivity contribution >= 4 is 21.5 Å². The molecule has 0 radical (unpaired) electrons. The molecule has 0 aromatic carbocycles. The molecule has 10 heteroatoms. The number of rotatable bonds is 4. The highest BCUT2D eigenvalue weighted by molar-refractivity contribution is 7.88. The number of anilines is 1. The number of nitrogens with one attached hydrogen (secondary N) is 1. The second-order valence-corrected chi connectivity index (χ2v) is 9.38. The molecule has 0 bridgehead atoms. The molecule has 2 aromatic rings. The summed E-state index contributed by atoms with van der Waals surface area (Å²) >= 11 is 0. The molecule has 4 rings (SSSR count). The van der Waals surface area contributed by atoms with Gasteiger partial charge in [-0.2, -0.15) is 4.31 Å². The van der Waals surface area contributed by atoms with Crippen molar-refractivity contribution in [2.75, 3.05) is 24.7 Å². The Labute approximate surface area is 162 Å². The van der Waals surface area contributed by atoms with Crippen molar-refractivity contribution < 1.29 is 17.2 Å². The summed E-state index contributed by atoms with van der Waals surface area (Å²) in [5, 5.41) is 7.29. The molecule has 2 fully saturated rings. The smallest absolute Gasteiger partial charge is 0.241 e. The number of sulfonamides is 1. The Balaban J connectivity index is 1.61. The molecule has 1 aliphatic carbocycles. The molecule has 1 saturated heterocycles. The number of piperidine rings is 1. The zero-order valence-electron chi connectivity index (χ0n) is 15.4. The lowest BCUT2D eigenvalue weighted by Gasteiger charge is -2.33. The third-order valence-corrected chi connectivity index (χ3v) is 6.85. The maximum Gasteiger partial charge on any atom is 0.241 e. The molecule has 3 heterocycles. The van der Waals surface area contributed by atoms with Gasteiger partial charge in [-0.25, -0.2) is 26.7 Å². The van der Waals surface area contributed by atoms with Gasteiger partial charge in [0.05, 0.1) is 29.8 Å². The van der Waals surface area contributed by atoms with Gasteiger partial charge < -0.3 is 5.32 Å². The van der Waals surface area contributed by atoms with Crippen molar-refractivity contribution in [3.8, 4) is 12.3 Å². The molecule has 2 aliphatic rings. The van der Waals surface area contributed by atoms with E-state index in [4.69, 9.17) is 6.42 Å². The van der Waals surface area contributed by atoms with E-state index >= 15 is 0 Å². The average Bonchev–Trinajstić information content (AvgIpc) is 2.86. The fraction of sp³-hybridized carbons (Fsp3) is 0.556. The summed E-state index contributed by atoms with van der Waals surface area (Å²) in [6, 6.07) is -0.630. The van der Waals surface area contributed by atoms with Crippen LogP contribution in [0.1, 0.15) is 42.9 Å². The quantitative estimate of drug-likeness (QED) is 0.781. The van der Waals surface area contributed by atoms with Gasteiger partial charge in [0.1, 0.15) is 11.7 Å². The minimum atomic E-state index is -3.43. The van der Waals surface area contributed by atoms with Crippen LogP contribution in [0.15, 0.2) is 6.20 Å². The highest BCUT2D eigenvalue weighted by Crippen LogP contribution is 2.39. The van der Waals surface area contributed by atoms with Crippen LogP contribution >= 0.6 is 0 Å². The number of alkyl halides is 1. The fourth-order valence-electron chi connectivity index (χ4n) is 3.80. The summed E-state index contributed by atoms with van der Waals surface area (Å²) in [6.45, 7) is -0.00264. The lowest BCUT2D eigenvalue weighted by Crippen LogP contribution is -2.49. The Bertz CT molecular complexity index is 1060. The molecule has 2 aromatic heterocycles. The van der Waals surface area contributed by atoms with Crippen LogP contribution in [0.3, 0.4) is 0 Å². The summed E-state index contributed by atoms with van der Waals surface area (Å²) in [5.41, 5.74) is 1.07. The van der Waals surface area contributed by atoms with Gasteiger partial charge in [0, 0.05) is 19.0 Å². The Morgan fingerprint density at radius 3 is 2.68 bits per heavy atom. The van der Waals surface area contributed by atoms with Gasteiger partial charge in [-0.15, -0.1) is 11.5 Å². The molecule has 0 amide bonds. The van der Waals surface area contributed by atoms with Crippen molar-refractivity contribution in [2.24, 2.45) is 0 Å². The molecular formula is C18H21F2N5O2S. The summed E-state index contributed by atoms with van der Waals surface area (Å²) in [4.78, 5) is 4.11. The van der Waals surface area contributed by atoms with Crippen molar-refractivity contribution in [1.82, 2.24) is 18.9 Å². The van der Waals surface area contributed by atoms with Crippen LogP contribution in [0.5, 0.6) is 0 Å². The van der Waals surface area contributed by atoms with Crippen LogP contribution < -0.4 is 5.32 Å². The van der Waals surface area contributed by atoms with Crippen molar-refractivity contribution in [3.05, 3.63) is 23.3 Å². The molecule has 2 atom stereocenters. The second kappa shape index (κ2) is 6.97. The molecular weight excluding hydrogens is 388 g/mol. The SMILES string of the molecule is C#Cc1c(F)c2cnc(N[C@@H]3CCN(S(C)(=O)=O)C[C@H]3F)nn2c1C1CCC1. The first kappa shape index (κ1) is 19.1. The van der Waals surface area contributed by atoms with E-state index in [0.717, 1.165) is 29.8 Å². The number of nitrogens with zero attached hydrogens (tertiary/aromatic N) is 4. The minimum Gasteiger partial charge on any atom is -0.347 e. The number of hydrogen-bond donors (Lipinski definition) is 1. The third-order valence-electron chi connectivity index (χ3n) is 5.58. The van der Waals surface area contributed by atoms with E-state index in [0.29, 0.717) is 5.69 Å². The zero-order chi connectivity index (χ0) is 20.1. The van der Waals surface area contributed by atoms with Crippen LogP contribution in [0.4, 0.5) is 14.7 Å². The lowest BCUT2D eigenvalue weighted by atomic mass is 9.81. The van der Waals surface area contributed by atoms with Gasteiger partial charge in [0.25, 0.3) is 0 Å². The summed E-state index contributed by atoms with van der Waals surface area (Å²) in [7, 11) is -3.43. The Kier molecular flexibility index (Phi) is 4.75. The predicted octanol–water partition coefficient (Wildman–Crippen LogP) is 1.90. The Morgan fingerprint density at radius 2 is 2.11 bits per heavy atom. The molecule has 1 saturated carbocycles. The molecule has 0 unspecified atom stereocenters. The first-order valence-corrected chi connectivity index (χ1v) is 11.0.